The number of hydrogen-bond donors (Lipinski definition) is 1. The third-order valence-corrected chi connectivity index (χ3v) is 3.35. The monoisotopic (exact) mass is 322 g/mol. The molecule has 0 atom stereocenters. The highest BCUT2D eigenvalue weighted by Crippen LogP contribution is 2.37. The molecule has 0 unspecified atom stereocenters. The van der Waals surface area contributed by atoms with Gasteiger partial charge in [0.05, 0.1) is 27.5 Å². The molecule has 0 aliphatic rings. The van der Waals surface area contributed by atoms with Crippen LogP contribution in [0.15, 0.2) is 17.2 Å². The number of carbonyl (C=O) groups is 1. The Kier molecular flexibility index (Phi) is 8.57. The van der Waals surface area contributed by atoms with E-state index >= 15 is 0 Å². The topological polar surface area (TPSA) is 69.2 Å². The zero-order valence-corrected chi connectivity index (χ0v) is 14.3. The number of benzene rings is 1. The maximum Gasteiger partial charge on any atom is 0.240 e. The number of ether oxygens (including phenoxy) is 3. The molecule has 6 heteroatoms. The molecule has 0 spiro atoms. The van der Waals surface area contributed by atoms with E-state index in [9.17, 15) is 4.79 Å². The number of methoxy groups -OCH3 is 3. The van der Waals surface area contributed by atoms with Crippen LogP contribution in [0.1, 0.15) is 44.6 Å². The van der Waals surface area contributed by atoms with Gasteiger partial charge in [0.15, 0.2) is 11.5 Å². The first-order valence-corrected chi connectivity index (χ1v) is 7.78. The number of unbranched alkanes of at least 4 members (excludes halogenated alkanes) is 3. The van der Waals surface area contributed by atoms with Crippen molar-refractivity contribution in [2.45, 2.75) is 39.0 Å². The van der Waals surface area contributed by atoms with Crippen molar-refractivity contribution in [2.24, 2.45) is 5.10 Å². The molecule has 6 nitrogen and oxygen atoms in total. The predicted molar refractivity (Wildman–Crippen MR) is 90.6 cm³/mol. The van der Waals surface area contributed by atoms with E-state index in [0.717, 1.165) is 31.2 Å². The van der Waals surface area contributed by atoms with Gasteiger partial charge in [-0.2, -0.15) is 5.10 Å². The summed E-state index contributed by atoms with van der Waals surface area (Å²) < 4.78 is 15.8. The van der Waals surface area contributed by atoms with Crippen molar-refractivity contribution in [3.05, 3.63) is 17.7 Å². The van der Waals surface area contributed by atoms with Gasteiger partial charge in [0.25, 0.3) is 0 Å². The second kappa shape index (κ2) is 10.5. The standard InChI is InChI=1S/C17H26N2O4/c1-5-6-7-8-9-16(20)19-18-12-13-10-14(21-2)17(23-4)15(11-13)22-3/h10-12H,5-9H2,1-4H3,(H,19,20)/b18-12+. The highest BCUT2D eigenvalue weighted by molar-refractivity contribution is 5.84. The van der Waals surface area contributed by atoms with E-state index in [2.05, 4.69) is 17.5 Å². The summed E-state index contributed by atoms with van der Waals surface area (Å²) in [5.74, 6) is 1.52. The van der Waals surface area contributed by atoms with Crippen LogP contribution in [0, 0.1) is 0 Å². The summed E-state index contributed by atoms with van der Waals surface area (Å²) in [6, 6.07) is 3.52. The van der Waals surface area contributed by atoms with E-state index in [0.29, 0.717) is 23.7 Å². The van der Waals surface area contributed by atoms with Crippen LogP contribution in [0.25, 0.3) is 0 Å². The molecule has 0 aliphatic carbocycles. The second-order valence-corrected chi connectivity index (χ2v) is 5.06. The Morgan fingerprint density at radius 2 is 1.74 bits per heavy atom. The number of hydrogen-bond acceptors (Lipinski definition) is 5. The number of hydrazone groups is 1. The third kappa shape index (κ3) is 6.18. The van der Waals surface area contributed by atoms with Gasteiger partial charge in [-0.25, -0.2) is 5.43 Å². The molecule has 23 heavy (non-hydrogen) atoms. The van der Waals surface area contributed by atoms with Crippen LogP contribution in [0.5, 0.6) is 17.2 Å². The van der Waals surface area contributed by atoms with Crippen LogP contribution in [-0.2, 0) is 4.79 Å². The van der Waals surface area contributed by atoms with Gasteiger partial charge in [0, 0.05) is 12.0 Å². The quantitative estimate of drug-likeness (QED) is 0.408. The Bertz CT molecular complexity index is 504. The van der Waals surface area contributed by atoms with Gasteiger partial charge in [-0.1, -0.05) is 26.2 Å². The van der Waals surface area contributed by atoms with E-state index in [4.69, 9.17) is 14.2 Å². The molecule has 0 radical (unpaired) electrons. The van der Waals surface area contributed by atoms with Gasteiger partial charge in [0.1, 0.15) is 0 Å². The first-order chi connectivity index (χ1) is 11.2. The molecule has 0 heterocycles. The SMILES string of the molecule is CCCCCCC(=O)N/N=C/c1cc(OC)c(OC)c(OC)c1. The van der Waals surface area contributed by atoms with E-state index in [1.165, 1.54) is 0 Å². The lowest BCUT2D eigenvalue weighted by atomic mass is 10.1. The van der Waals surface area contributed by atoms with Crippen LogP contribution in [0.3, 0.4) is 0 Å². The minimum atomic E-state index is -0.0789. The fourth-order valence-corrected chi connectivity index (χ4v) is 2.12. The molecule has 1 amide bonds. The summed E-state index contributed by atoms with van der Waals surface area (Å²) in [6.07, 6.45) is 6.31. The highest BCUT2D eigenvalue weighted by atomic mass is 16.5. The molecule has 1 aromatic rings. The van der Waals surface area contributed by atoms with Crippen molar-refractivity contribution in [2.75, 3.05) is 21.3 Å². The van der Waals surface area contributed by atoms with Gasteiger partial charge in [0.2, 0.25) is 11.7 Å². The summed E-state index contributed by atoms with van der Waals surface area (Å²) in [6.45, 7) is 2.14. The molecule has 0 saturated heterocycles. The normalized spacial score (nSPS) is 10.6. The van der Waals surface area contributed by atoms with Crippen molar-refractivity contribution >= 4 is 12.1 Å². The van der Waals surface area contributed by atoms with Crippen molar-refractivity contribution < 1.29 is 19.0 Å². The molecule has 1 N–H and O–H groups in total. The molecule has 0 aromatic heterocycles. The maximum absolute atomic E-state index is 11.6. The summed E-state index contributed by atoms with van der Waals surface area (Å²) >= 11 is 0. The summed E-state index contributed by atoms with van der Waals surface area (Å²) in [7, 11) is 4.65. The van der Waals surface area contributed by atoms with E-state index in [-0.39, 0.29) is 5.91 Å². The minimum absolute atomic E-state index is 0.0789. The minimum Gasteiger partial charge on any atom is -0.493 e. The lowest BCUT2D eigenvalue weighted by Gasteiger charge is -2.12. The van der Waals surface area contributed by atoms with E-state index < -0.39 is 0 Å². The van der Waals surface area contributed by atoms with Crippen LogP contribution in [0.2, 0.25) is 0 Å². The fraction of sp³-hybridized carbons (Fsp3) is 0.529. The van der Waals surface area contributed by atoms with Crippen molar-refractivity contribution in [1.82, 2.24) is 5.43 Å². The maximum atomic E-state index is 11.6. The number of amides is 1. The van der Waals surface area contributed by atoms with Crippen LogP contribution in [0.4, 0.5) is 0 Å². The van der Waals surface area contributed by atoms with Gasteiger partial charge in [-0.15, -0.1) is 0 Å². The van der Waals surface area contributed by atoms with Crippen LogP contribution >= 0.6 is 0 Å². The van der Waals surface area contributed by atoms with Gasteiger partial charge in [-0.05, 0) is 18.6 Å². The van der Waals surface area contributed by atoms with E-state index in [1.54, 1.807) is 39.7 Å². The Morgan fingerprint density at radius 1 is 1.09 bits per heavy atom. The molecule has 0 aliphatic heterocycles. The molecule has 1 aromatic carbocycles. The summed E-state index contributed by atoms with van der Waals surface area (Å²) in [4.78, 5) is 11.6. The zero-order valence-electron chi connectivity index (χ0n) is 14.3. The molecule has 0 fully saturated rings. The lowest BCUT2D eigenvalue weighted by Crippen LogP contribution is -2.16. The van der Waals surface area contributed by atoms with Gasteiger partial charge >= 0.3 is 0 Å². The first-order valence-electron chi connectivity index (χ1n) is 7.78. The van der Waals surface area contributed by atoms with Crippen molar-refractivity contribution in [3.8, 4) is 17.2 Å². The Hall–Kier alpha value is -2.24. The molecule has 1 rings (SSSR count). The second-order valence-electron chi connectivity index (χ2n) is 5.06. The molecule has 0 bridgehead atoms. The summed E-state index contributed by atoms with van der Waals surface area (Å²) in [5.41, 5.74) is 3.27. The number of rotatable bonds is 10. The lowest BCUT2D eigenvalue weighted by molar-refractivity contribution is -0.121. The van der Waals surface area contributed by atoms with Gasteiger partial charge in [-0.3, -0.25) is 4.79 Å². The number of nitrogens with zero attached hydrogens (tertiary/aromatic N) is 1. The smallest absolute Gasteiger partial charge is 0.240 e. The van der Waals surface area contributed by atoms with Crippen LogP contribution < -0.4 is 19.6 Å². The third-order valence-electron chi connectivity index (χ3n) is 3.35. The summed E-state index contributed by atoms with van der Waals surface area (Å²) in [5, 5.41) is 3.97. The number of carbonyl (C=O) groups excluding carboxylic acids is 1. The first kappa shape index (κ1) is 18.8. The largest absolute Gasteiger partial charge is 0.493 e. The predicted octanol–water partition coefficient (Wildman–Crippen LogP) is 3.13. The van der Waals surface area contributed by atoms with Crippen molar-refractivity contribution in [3.63, 3.8) is 0 Å². The fourth-order valence-electron chi connectivity index (χ4n) is 2.12. The molecule has 0 saturated carbocycles. The van der Waals surface area contributed by atoms with E-state index in [1.807, 2.05) is 0 Å². The van der Waals surface area contributed by atoms with Gasteiger partial charge < -0.3 is 14.2 Å². The molecule has 128 valence electrons. The molecular formula is C17H26N2O4. The average molecular weight is 322 g/mol. The Balaban J connectivity index is 2.64. The Labute approximate surface area is 137 Å². The van der Waals surface area contributed by atoms with Crippen LogP contribution in [-0.4, -0.2) is 33.5 Å². The average Bonchev–Trinajstić information content (AvgIpc) is 2.57. The number of nitrogens with one attached hydrogen (secondary N) is 1. The molecular weight excluding hydrogens is 296 g/mol. The van der Waals surface area contributed by atoms with Crippen molar-refractivity contribution in [1.29, 1.82) is 0 Å². The zero-order chi connectivity index (χ0) is 17.1. The Morgan fingerprint density at radius 3 is 2.26 bits per heavy atom. The highest BCUT2D eigenvalue weighted by Gasteiger charge is 2.12.